The van der Waals surface area contributed by atoms with Gasteiger partial charge >= 0.3 is 0 Å². The Labute approximate surface area is 123 Å². The second-order valence-corrected chi connectivity index (χ2v) is 6.81. The predicted molar refractivity (Wildman–Crippen MR) is 85.9 cm³/mol. The summed E-state index contributed by atoms with van der Waals surface area (Å²) in [6.45, 7) is 11.7. The van der Waals surface area contributed by atoms with Gasteiger partial charge in [-0.05, 0) is 43.4 Å². The first-order valence-electron chi connectivity index (χ1n) is 7.17. The van der Waals surface area contributed by atoms with Gasteiger partial charge in [-0.3, -0.25) is 0 Å². The summed E-state index contributed by atoms with van der Waals surface area (Å²) in [4.78, 5) is 0. The molecule has 20 heavy (non-hydrogen) atoms. The van der Waals surface area contributed by atoms with Crippen LogP contribution in [0.2, 0.25) is 0 Å². The van der Waals surface area contributed by atoms with Crippen molar-refractivity contribution in [1.29, 1.82) is 0 Å². The van der Waals surface area contributed by atoms with Crippen LogP contribution in [0.5, 0.6) is 5.75 Å². The molecule has 114 valence electrons. The molecule has 0 unspecified atom stereocenters. The van der Waals surface area contributed by atoms with E-state index < -0.39 is 0 Å². The molecule has 0 amide bonds. The van der Waals surface area contributed by atoms with Gasteiger partial charge in [0.2, 0.25) is 0 Å². The van der Waals surface area contributed by atoms with Crippen LogP contribution in [0, 0.1) is 0 Å². The highest BCUT2D eigenvalue weighted by atomic mass is 16.5. The summed E-state index contributed by atoms with van der Waals surface area (Å²) >= 11 is 0. The molecule has 1 aromatic rings. The smallest absolute Gasteiger partial charge is 0.141 e. The molecule has 1 rings (SSSR count). The molecule has 0 radical (unpaired) electrons. The number of rotatable bonds is 6. The lowest BCUT2D eigenvalue weighted by atomic mass is 9.87. The Kier molecular flexibility index (Phi) is 5.46. The first-order valence-corrected chi connectivity index (χ1v) is 7.17. The zero-order valence-electron chi connectivity index (χ0n) is 14.0. The van der Waals surface area contributed by atoms with E-state index in [0.29, 0.717) is 0 Å². The van der Waals surface area contributed by atoms with Gasteiger partial charge in [0.1, 0.15) is 5.75 Å². The van der Waals surface area contributed by atoms with Crippen molar-refractivity contribution in [2.24, 2.45) is 0 Å². The Morgan fingerprint density at radius 2 is 1.70 bits per heavy atom. The van der Waals surface area contributed by atoms with Crippen LogP contribution in [0.1, 0.15) is 46.6 Å². The Balaban J connectivity index is 2.82. The maximum absolute atomic E-state index is 5.44. The normalized spacial score (nSPS) is 12.3. The lowest BCUT2D eigenvalue weighted by molar-refractivity contribution is 0.0185. The summed E-state index contributed by atoms with van der Waals surface area (Å²) in [7, 11) is 3.46. The van der Waals surface area contributed by atoms with Crippen LogP contribution in [0.25, 0.3) is 0 Å². The van der Waals surface area contributed by atoms with E-state index in [1.54, 1.807) is 14.2 Å². The molecule has 0 heterocycles. The molecule has 0 aliphatic heterocycles. The lowest BCUT2D eigenvalue weighted by Crippen LogP contribution is -2.26. The minimum Gasteiger partial charge on any atom is -0.495 e. The predicted octanol–water partition coefficient (Wildman–Crippen LogP) is 4.22. The monoisotopic (exact) mass is 279 g/mol. The van der Waals surface area contributed by atoms with Crippen LogP contribution in [-0.2, 0) is 10.2 Å². The number of anilines is 1. The van der Waals surface area contributed by atoms with Gasteiger partial charge in [0.25, 0.3) is 0 Å². The molecule has 0 atom stereocenters. The molecular formula is C17H29NO2. The Bertz CT molecular complexity index is 433. The first-order chi connectivity index (χ1) is 9.19. The highest BCUT2D eigenvalue weighted by molar-refractivity contribution is 5.59. The summed E-state index contributed by atoms with van der Waals surface area (Å²) in [5.41, 5.74) is 2.37. The number of hydrogen-bond acceptors (Lipinski definition) is 3. The van der Waals surface area contributed by atoms with Crippen molar-refractivity contribution in [3.8, 4) is 5.75 Å². The standard InChI is InChI=1S/C17H29NO2/c1-16(2,3)13-8-9-15(19-6)14(12-13)18-11-10-17(4,5)20-7/h8-9,12,18H,10-11H2,1-7H3. The molecule has 3 heteroatoms. The van der Waals surface area contributed by atoms with Gasteiger partial charge in [-0.2, -0.15) is 0 Å². The van der Waals surface area contributed by atoms with Crippen molar-refractivity contribution >= 4 is 5.69 Å². The van der Waals surface area contributed by atoms with E-state index in [1.807, 2.05) is 6.07 Å². The second-order valence-electron chi connectivity index (χ2n) is 6.81. The summed E-state index contributed by atoms with van der Waals surface area (Å²) in [5, 5.41) is 3.46. The Hall–Kier alpha value is -1.22. The van der Waals surface area contributed by atoms with E-state index >= 15 is 0 Å². The van der Waals surface area contributed by atoms with Gasteiger partial charge in [-0.1, -0.05) is 26.8 Å². The summed E-state index contributed by atoms with van der Waals surface area (Å²) in [5.74, 6) is 0.883. The first kappa shape index (κ1) is 16.8. The molecular weight excluding hydrogens is 250 g/mol. The minimum absolute atomic E-state index is 0.109. The molecule has 0 saturated heterocycles. The number of nitrogens with one attached hydrogen (secondary N) is 1. The van der Waals surface area contributed by atoms with Crippen molar-refractivity contribution in [3.05, 3.63) is 23.8 Å². The third-order valence-electron chi connectivity index (χ3n) is 3.66. The molecule has 0 spiro atoms. The van der Waals surface area contributed by atoms with Gasteiger partial charge in [-0.15, -0.1) is 0 Å². The number of benzene rings is 1. The second kappa shape index (κ2) is 6.49. The average molecular weight is 279 g/mol. The molecule has 0 aromatic heterocycles. The van der Waals surface area contributed by atoms with E-state index in [0.717, 1.165) is 24.4 Å². The van der Waals surface area contributed by atoms with E-state index in [1.165, 1.54) is 5.56 Å². The zero-order valence-corrected chi connectivity index (χ0v) is 14.0. The fourth-order valence-electron chi connectivity index (χ4n) is 1.91. The van der Waals surface area contributed by atoms with Crippen molar-refractivity contribution in [3.63, 3.8) is 0 Å². The highest BCUT2D eigenvalue weighted by Gasteiger charge is 2.18. The molecule has 3 nitrogen and oxygen atoms in total. The Morgan fingerprint density at radius 1 is 1.05 bits per heavy atom. The third-order valence-corrected chi connectivity index (χ3v) is 3.66. The van der Waals surface area contributed by atoms with E-state index in [4.69, 9.17) is 9.47 Å². The number of ether oxygens (including phenoxy) is 2. The van der Waals surface area contributed by atoms with Crippen LogP contribution in [0.4, 0.5) is 5.69 Å². The lowest BCUT2D eigenvalue weighted by Gasteiger charge is -2.24. The van der Waals surface area contributed by atoms with Crippen molar-refractivity contribution < 1.29 is 9.47 Å². The van der Waals surface area contributed by atoms with Crippen LogP contribution in [0.3, 0.4) is 0 Å². The Morgan fingerprint density at radius 3 is 2.20 bits per heavy atom. The molecule has 0 bridgehead atoms. The molecule has 0 saturated carbocycles. The summed E-state index contributed by atoms with van der Waals surface area (Å²) < 4.78 is 10.9. The van der Waals surface area contributed by atoms with Crippen LogP contribution < -0.4 is 10.1 Å². The molecule has 1 aromatic carbocycles. The van der Waals surface area contributed by atoms with Crippen LogP contribution in [0.15, 0.2) is 18.2 Å². The topological polar surface area (TPSA) is 30.5 Å². The summed E-state index contributed by atoms with van der Waals surface area (Å²) in [6, 6.07) is 6.34. The fourth-order valence-corrected chi connectivity index (χ4v) is 1.91. The fraction of sp³-hybridized carbons (Fsp3) is 0.647. The zero-order chi connectivity index (χ0) is 15.4. The highest BCUT2D eigenvalue weighted by Crippen LogP contribution is 2.31. The van der Waals surface area contributed by atoms with E-state index in [2.05, 4.69) is 52.1 Å². The van der Waals surface area contributed by atoms with Gasteiger partial charge in [0.15, 0.2) is 0 Å². The number of hydrogen-bond donors (Lipinski definition) is 1. The quantitative estimate of drug-likeness (QED) is 0.845. The number of methoxy groups -OCH3 is 2. The maximum atomic E-state index is 5.44. The molecule has 0 aliphatic rings. The minimum atomic E-state index is -0.109. The maximum Gasteiger partial charge on any atom is 0.141 e. The van der Waals surface area contributed by atoms with E-state index in [-0.39, 0.29) is 11.0 Å². The van der Waals surface area contributed by atoms with Crippen molar-refractivity contribution in [2.75, 3.05) is 26.1 Å². The third kappa shape index (κ3) is 4.71. The van der Waals surface area contributed by atoms with Crippen molar-refractivity contribution in [1.82, 2.24) is 0 Å². The van der Waals surface area contributed by atoms with Crippen LogP contribution >= 0.6 is 0 Å². The van der Waals surface area contributed by atoms with Gasteiger partial charge < -0.3 is 14.8 Å². The largest absolute Gasteiger partial charge is 0.495 e. The van der Waals surface area contributed by atoms with E-state index in [9.17, 15) is 0 Å². The molecule has 0 aliphatic carbocycles. The molecule has 0 fully saturated rings. The van der Waals surface area contributed by atoms with Gasteiger partial charge in [-0.25, -0.2) is 0 Å². The SMILES string of the molecule is COc1ccc(C(C)(C)C)cc1NCCC(C)(C)OC. The van der Waals surface area contributed by atoms with Crippen LogP contribution in [-0.4, -0.2) is 26.4 Å². The molecule has 1 N–H and O–H groups in total. The van der Waals surface area contributed by atoms with Gasteiger partial charge in [0.05, 0.1) is 18.4 Å². The average Bonchev–Trinajstić information content (AvgIpc) is 2.37. The van der Waals surface area contributed by atoms with Gasteiger partial charge in [0, 0.05) is 13.7 Å². The summed E-state index contributed by atoms with van der Waals surface area (Å²) in [6.07, 6.45) is 0.937. The van der Waals surface area contributed by atoms with Crippen molar-refractivity contribution in [2.45, 2.75) is 52.1 Å².